The summed E-state index contributed by atoms with van der Waals surface area (Å²) >= 11 is 0. The quantitative estimate of drug-likeness (QED) is 0.293. The minimum Gasteiger partial charge on any atom is -0.507 e. The first kappa shape index (κ1) is 23.2. The molecule has 1 atom stereocenters. The highest BCUT2D eigenvalue weighted by Gasteiger charge is 2.47. The van der Waals surface area contributed by atoms with Gasteiger partial charge in [-0.3, -0.25) is 14.5 Å². The highest BCUT2D eigenvalue weighted by atomic mass is 19.2. The molecular weight excluding hydrogens is 440 g/mol. The van der Waals surface area contributed by atoms with E-state index >= 15 is 0 Å². The van der Waals surface area contributed by atoms with E-state index in [0.29, 0.717) is 23.5 Å². The Balaban J connectivity index is 1.86. The second-order valence-electron chi connectivity index (χ2n) is 8.41. The Morgan fingerprint density at radius 1 is 0.971 bits per heavy atom. The smallest absolute Gasteiger partial charge is 0.300 e. The Labute approximate surface area is 195 Å². The number of amides is 1. The van der Waals surface area contributed by atoms with E-state index in [2.05, 4.69) is 0 Å². The van der Waals surface area contributed by atoms with Gasteiger partial charge in [-0.2, -0.15) is 0 Å². The van der Waals surface area contributed by atoms with E-state index in [-0.39, 0.29) is 22.9 Å². The van der Waals surface area contributed by atoms with E-state index in [1.54, 1.807) is 54.6 Å². The van der Waals surface area contributed by atoms with Crippen molar-refractivity contribution in [1.82, 2.24) is 0 Å². The summed E-state index contributed by atoms with van der Waals surface area (Å²) in [7, 11) is 0. The second-order valence-corrected chi connectivity index (χ2v) is 8.41. The number of nitrogens with zero attached hydrogens (tertiary/aromatic N) is 1. The van der Waals surface area contributed by atoms with Crippen LogP contribution in [0.25, 0.3) is 5.76 Å². The third kappa shape index (κ3) is 4.41. The molecule has 1 saturated heterocycles. The van der Waals surface area contributed by atoms with Crippen LogP contribution in [0.15, 0.2) is 78.4 Å². The van der Waals surface area contributed by atoms with Crippen molar-refractivity contribution >= 4 is 23.1 Å². The van der Waals surface area contributed by atoms with Crippen molar-refractivity contribution < 1.29 is 28.2 Å². The summed E-state index contributed by atoms with van der Waals surface area (Å²) in [5.74, 6) is -3.69. The molecule has 1 aliphatic rings. The normalized spacial score (nSPS) is 17.4. The number of hydrogen-bond acceptors (Lipinski definition) is 4. The second kappa shape index (κ2) is 9.47. The van der Waals surface area contributed by atoms with Gasteiger partial charge in [-0.25, -0.2) is 8.78 Å². The van der Waals surface area contributed by atoms with Gasteiger partial charge in [-0.05, 0) is 35.7 Å². The van der Waals surface area contributed by atoms with Gasteiger partial charge in [0.15, 0.2) is 11.6 Å². The largest absolute Gasteiger partial charge is 0.507 e. The van der Waals surface area contributed by atoms with Gasteiger partial charge in [0.1, 0.15) is 11.5 Å². The molecule has 1 heterocycles. The van der Waals surface area contributed by atoms with Gasteiger partial charge in [0, 0.05) is 17.3 Å². The van der Waals surface area contributed by atoms with Crippen molar-refractivity contribution in [2.75, 3.05) is 11.5 Å². The Morgan fingerprint density at radius 3 is 2.38 bits per heavy atom. The van der Waals surface area contributed by atoms with Crippen LogP contribution in [0.3, 0.4) is 0 Å². The Hall–Kier alpha value is -4.00. The fourth-order valence-electron chi connectivity index (χ4n) is 3.84. The number of Topliss-reactive ketones (excluding diaryl/α,β-unsaturated/α-hetero) is 1. The van der Waals surface area contributed by atoms with Gasteiger partial charge in [-0.15, -0.1) is 0 Å². The van der Waals surface area contributed by atoms with E-state index in [9.17, 15) is 23.5 Å². The Morgan fingerprint density at radius 2 is 1.71 bits per heavy atom. The summed E-state index contributed by atoms with van der Waals surface area (Å²) in [5, 5.41) is 11.2. The number of ketones is 1. The minimum absolute atomic E-state index is 0.00270. The minimum atomic E-state index is -1.15. The summed E-state index contributed by atoms with van der Waals surface area (Å²) in [4.78, 5) is 27.3. The van der Waals surface area contributed by atoms with Crippen molar-refractivity contribution in [3.63, 3.8) is 0 Å². The predicted molar refractivity (Wildman–Crippen MR) is 124 cm³/mol. The monoisotopic (exact) mass is 463 g/mol. The highest BCUT2D eigenvalue weighted by Crippen LogP contribution is 2.42. The number of halogens is 2. The SMILES string of the molecule is CC(C)COc1cccc(/C(O)=C2\C(=O)C(=O)N(c3ccc(F)c(F)c3)C2c2ccccc2)c1. The van der Waals surface area contributed by atoms with Gasteiger partial charge < -0.3 is 9.84 Å². The molecule has 3 aromatic carbocycles. The zero-order chi connectivity index (χ0) is 24.4. The zero-order valence-corrected chi connectivity index (χ0v) is 18.7. The van der Waals surface area contributed by atoms with Crippen LogP contribution in [0.5, 0.6) is 5.75 Å². The molecule has 1 unspecified atom stereocenters. The maximum atomic E-state index is 14.0. The first-order chi connectivity index (χ1) is 16.3. The van der Waals surface area contributed by atoms with Gasteiger partial charge in [-0.1, -0.05) is 56.3 Å². The number of rotatable bonds is 6. The molecule has 1 fully saturated rings. The van der Waals surface area contributed by atoms with Gasteiger partial charge in [0.25, 0.3) is 11.7 Å². The van der Waals surface area contributed by atoms with Gasteiger partial charge >= 0.3 is 0 Å². The summed E-state index contributed by atoms with van der Waals surface area (Å²) < 4.78 is 33.3. The third-order valence-corrected chi connectivity index (χ3v) is 5.43. The fraction of sp³-hybridized carbons (Fsp3) is 0.185. The number of carbonyl (C=O) groups excluding carboxylic acids is 2. The molecule has 0 aliphatic carbocycles. The van der Waals surface area contributed by atoms with E-state index < -0.39 is 29.4 Å². The van der Waals surface area contributed by atoms with E-state index in [1.165, 1.54) is 6.07 Å². The molecule has 1 N–H and O–H groups in total. The molecule has 34 heavy (non-hydrogen) atoms. The molecule has 0 spiro atoms. The molecule has 0 bridgehead atoms. The van der Waals surface area contributed by atoms with Crippen LogP contribution in [0, 0.1) is 17.6 Å². The number of ether oxygens (including phenoxy) is 1. The van der Waals surface area contributed by atoms with Crippen LogP contribution in [0.2, 0.25) is 0 Å². The van der Waals surface area contributed by atoms with Crippen molar-refractivity contribution in [1.29, 1.82) is 0 Å². The lowest BCUT2D eigenvalue weighted by Gasteiger charge is -2.25. The summed E-state index contributed by atoms with van der Waals surface area (Å²) in [6.07, 6.45) is 0. The number of carbonyl (C=O) groups is 2. The van der Waals surface area contributed by atoms with Crippen LogP contribution in [0.1, 0.15) is 31.0 Å². The molecule has 1 amide bonds. The standard InChI is InChI=1S/C27H23F2NO4/c1-16(2)15-34-20-10-6-9-18(13-20)25(31)23-24(17-7-4-3-5-8-17)30(27(33)26(23)32)19-11-12-21(28)22(29)14-19/h3-14,16,24,31H,15H2,1-2H3/b25-23+. The lowest BCUT2D eigenvalue weighted by Crippen LogP contribution is -2.29. The highest BCUT2D eigenvalue weighted by molar-refractivity contribution is 6.51. The van der Waals surface area contributed by atoms with E-state index in [1.807, 2.05) is 13.8 Å². The predicted octanol–water partition coefficient (Wildman–Crippen LogP) is 5.63. The molecule has 4 rings (SSSR count). The summed E-state index contributed by atoms with van der Waals surface area (Å²) in [5.41, 5.74) is 0.676. The van der Waals surface area contributed by atoms with Crippen molar-refractivity contribution in [2.45, 2.75) is 19.9 Å². The molecule has 5 nitrogen and oxygen atoms in total. The van der Waals surface area contributed by atoms with Crippen molar-refractivity contribution in [3.8, 4) is 5.75 Å². The van der Waals surface area contributed by atoms with Crippen molar-refractivity contribution in [2.24, 2.45) is 5.92 Å². The number of benzene rings is 3. The van der Waals surface area contributed by atoms with E-state index in [0.717, 1.165) is 17.0 Å². The maximum absolute atomic E-state index is 14.0. The summed E-state index contributed by atoms with van der Waals surface area (Å²) in [6, 6.07) is 17.1. The summed E-state index contributed by atoms with van der Waals surface area (Å²) in [6.45, 7) is 4.47. The van der Waals surface area contributed by atoms with Crippen LogP contribution >= 0.6 is 0 Å². The molecule has 3 aromatic rings. The average Bonchev–Trinajstić information content (AvgIpc) is 3.10. The Bertz CT molecular complexity index is 1270. The van der Waals surface area contributed by atoms with E-state index in [4.69, 9.17) is 4.74 Å². The lowest BCUT2D eigenvalue weighted by atomic mass is 9.95. The number of hydrogen-bond donors (Lipinski definition) is 1. The first-order valence-electron chi connectivity index (χ1n) is 10.8. The first-order valence-corrected chi connectivity index (χ1v) is 10.8. The van der Waals surface area contributed by atoms with Gasteiger partial charge in [0.05, 0.1) is 18.2 Å². The lowest BCUT2D eigenvalue weighted by molar-refractivity contribution is -0.132. The Kier molecular flexibility index (Phi) is 6.45. The van der Waals surface area contributed by atoms with Crippen LogP contribution < -0.4 is 9.64 Å². The molecular formula is C27H23F2NO4. The van der Waals surface area contributed by atoms with Crippen LogP contribution in [0.4, 0.5) is 14.5 Å². The fourth-order valence-corrected chi connectivity index (χ4v) is 3.84. The van der Waals surface area contributed by atoms with Crippen LogP contribution in [-0.2, 0) is 9.59 Å². The molecule has 174 valence electrons. The van der Waals surface area contributed by atoms with Crippen LogP contribution in [-0.4, -0.2) is 23.4 Å². The number of aliphatic hydroxyl groups excluding tert-OH is 1. The van der Waals surface area contributed by atoms with Gasteiger partial charge in [0.2, 0.25) is 0 Å². The molecule has 1 aliphatic heterocycles. The number of aliphatic hydroxyl groups is 1. The molecule has 7 heteroatoms. The zero-order valence-electron chi connectivity index (χ0n) is 18.7. The average molecular weight is 463 g/mol. The third-order valence-electron chi connectivity index (χ3n) is 5.43. The molecule has 0 saturated carbocycles. The van der Waals surface area contributed by atoms with Crippen molar-refractivity contribution in [3.05, 3.63) is 101 Å². The molecule has 0 radical (unpaired) electrons. The topological polar surface area (TPSA) is 66.8 Å². The molecule has 0 aromatic heterocycles. The maximum Gasteiger partial charge on any atom is 0.300 e. The number of anilines is 1.